The number of rotatable bonds is 4. The van der Waals surface area contributed by atoms with Crippen LogP contribution in [0.2, 0.25) is 0 Å². The molecule has 1 amide bonds. The standard InChI is InChI=1S/C21H27N5O2/c1-15-9-16(2)25(21(28)23-15)14-20(27)26-11-17-6-7-19(26)13-24(10-17)12-18-5-3-4-8-22-18/h3-5,8-9,17,19H,6-7,10-14H2,1-2H3/t17-,19+/m0/s1. The predicted octanol–water partition coefficient (Wildman–Crippen LogP) is 1.38. The molecule has 3 aliphatic rings. The van der Waals surface area contributed by atoms with E-state index in [9.17, 15) is 9.59 Å². The molecule has 0 aliphatic carbocycles. The molecular weight excluding hydrogens is 354 g/mol. The van der Waals surface area contributed by atoms with Gasteiger partial charge in [0, 0.05) is 49.8 Å². The molecular formula is C21H27N5O2. The van der Waals surface area contributed by atoms with E-state index in [1.165, 1.54) is 4.57 Å². The number of pyridine rings is 1. The Kier molecular flexibility index (Phi) is 5.26. The lowest BCUT2D eigenvalue weighted by atomic mass is 9.95. The van der Waals surface area contributed by atoms with Crippen molar-refractivity contribution in [3.63, 3.8) is 0 Å². The number of aromatic nitrogens is 3. The zero-order valence-electron chi connectivity index (χ0n) is 16.5. The van der Waals surface area contributed by atoms with Crippen molar-refractivity contribution < 1.29 is 4.79 Å². The van der Waals surface area contributed by atoms with Gasteiger partial charge < -0.3 is 4.90 Å². The number of aryl methyl sites for hydroxylation is 2. The number of hydrogen-bond acceptors (Lipinski definition) is 5. The van der Waals surface area contributed by atoms with Crippen molar-refractivity contribution in [3.05, 3.63) is 58.0 Å². The minimum absolute atomic E-state index is 0.0187. The van der Waals surface area contributed by atoms with Crippen LogP contribution >= 0.6 is 0 Å². The van der Waals surface area contributed by atoms with E-state index in [1.54, 1.807) is 6.92 Å². The summed E-state index contributed by atoms with van der Waals surface area (Å²) in [5, 5.41) is 0. The van der Waals surface area contributed by atoms with Crippen LogP contribution in [0, 0.1) is 19.8 Å². The number of amides is 1. The first-order chi connectivity index (χ1) is 13.5. The third-order valence-corrected chi connectivity index (χ3v) is 5.86. The van der Waals surface area contributed by atoms with Gasteiger partial charge in [-0.05, 0) is 50.8 Å². The molecule has 3 fully saturated rings. The minimum atomic E-state index is -0.345. The van der Waals surface area contributed by atoms with E-state index in [1.807, 2.05) is 36.2 Å². The van der Waals surface area contributed by atoms with Crippen LogP contribution < -0.4 is 5.69 Å². The normalized spacial score (nSPS) is 22.3. The number of carbonyl (C=O) groups excluding carboxylic acids is 1. The zero-order chi connectivity index (χ0) is 19.7. The maximum Gasteiger partial charge on any atom is 0.348 e. The second-order valence-corrected chi connectivity index (χ2v) is 8.07. The highest BCUT2D eigenvalue weighted by molar-refractivity contribution is 5.76. The average molecular weight is 381 g/mol. The highest BCUT2D eigenvalue weighted by Gasteiger charge is 2.37. The maximum atomic E-state index is 13.1. The van der Waals surface area contributed by atoms with Gasteiger partial charge in [-0.25, -0.2) is 4.79 Å². The van der Waals surface area contributed by atoms with Gasteiger partial charge in [0.2, 0.25) is 5.91 Å². The van der Waals surface area contributed by atoms with Gasteiger partial charge in [-0.2, -0.15) is 4.98 Å². The summed E-state index contributed by atoms with van der Waals surface area (Å²) in [6.07, 6.45) is 4.00. The SMILES string of the molecule is Cc1cc(C)n(CC(=O)N2C[C@H]3CC[C@@H]2CN(Cc2ccccn2)C3)c(=O)n1. The molecule has 2 atom stereocenters. The Hall–Kier alpha value is -2.54. The summed E-state index contributed by atoms with van der Waals surface area (Å²) < 4.78 is 1.49. The molecule has 2 aromatic rings. The fourth-order valence-corrected chi connectivity index (χ4v) is 4.53. The molecule has 2 aromatic heterocycles. The molecule has 0 saturated carbocycles. The molecule has 0 N–H and O–H groups in total. The van der Waals surface area contributed by atoms with Gasteiger partial charge in [0.25, 0.3) is 0 Å². The molecule has 148 valence electrons. The molecule has 3 saturated heterocycles. The lowest BCUT2D eigenvalue weighted by molar-refractivity contribution is -0.136. The molecule has 0 aromatic carbocycles. The number of hydrogen-bond donors (Lipinski definition) is 0. The Morgan fingerprint density at radius 3 is 2.79 bits per heavy atom. The summed E-state index contributed by atoms with van der Waals surface area (Å²) in [5.41, 5.74) is 2.19. The van der Waals surface area contributed by atoms with Crippen LogP contribution in [0.5, 0.6) is 0 Å². The lowest BCUT2D eigenvalue weighted by Crippen LogP contribution is -2.49. The molecule has 7 heteroatoms. The van der Waals surface area contributed by atoms with Crippen LogP contribution in [0.3, 0.4) is 0 Å². The van der Waals surface area contributed by atoms with E-state index >= 15 is 0 Å². The summed E-state index contributed by atoms with van der Waals surface area (Å²) in [6, 6.07) is 8.04. The number of piperidine rings is 1. The van der Waals surface area contributed by atoms with E-state index in [-0.39, 0.29) is 24.2 Å². The van der Waals surface area contributed by atoms with Crippen molar-refractivity contribution in [1.29, 1.82) is 0 Å². The summed E-state index contributed by atoms with van der Waals surface area (Å²) in [5.74, 6) is 0.491. The Labute approximate surface area is 165 Å². The first kappa shape index (κ1) is 18.8. The topological polar surface area (TPSA) is 71.3 Å². The van der Waals surface area contributed by atoms with Crippen LogP contribution in [0.4, 0.5) is 0 Å². The van der Waals surface area contributed by atoms with Crippen LogP contribution in [0.15, 0.2) is 35.3 Å². The van der Waals surface area contributed by atoms with Crippen molar-refractivity contribution in [2.24, 2.45) is 5.92 Å². The van der Waals surface area contributed by atoms with Gasteiger partial charge >= 0.3 is 5.69 Å². The van der Waals surface area contributed by atoms with Gasteiger partial charge in [-0.15, -0.1) is 0 Å². The first-order valence-corrected chi connectivity index (χ1v) is 9.96. The summed E-state index contributed by atoms with van der Waals surface area (Å²) in [7, 11) is 0. The summed E-state index contributed by atoms with van der Waals surface area (Å²) in [6.45, 7) is 7.16. The third kappa shape index (κ3) is 3.99. The molecule has 5 heterocycles. The molecule has 5 rings (SSSR count). The Balaban J connectivity index is 1.47. The van der Waals surface area contributed by atoms with E-state index in [4.69, 9.17) is 0 Å². The van der Waals surface area contributed by atoms with Gasteiger partial charge in [-0.3, -0.25) is 19.2 Å². The van der Waals surface area contributed by atoms with Crippen molar-refractivity contribution in [2.45, 2.75) is 45.8 Å². The van der Waals surface area contributed by atoms with Gasteiger partial charge in [0.1, 0.15) is 6.54 Å². The quantitative estimate of drug-likeness (QED) is 0.800. The van der Waals surface area contributed by atoms with Crippen LogP contribution in [0.25, 0.3) is 0 Å². The van der Waals surface area contributed by atoms with Crippen molar-refractivity contribution in [1.82, 2.24) is 24.3 Å². The fourth-order valence-electron chi connectivity index (χ4n) is 4.53. The zero-order valence-corrected chi connectivity index (χ0v) is 16.5. The van der Waals surface area contributed by atoms with Crippen molar-refractivity contribution in [3.8, 4) is 0 Å². The van der Waals surface area contributed by atoms with E-state index in [0.717, 1.165) is 50.4 Å². The molecule has 7 nitrogen and oxygen atoms in total. The van der Waals surface area contributed by atoms with Crippen LogP contribution in [0.1, 0.15) is 29.9 Å². The highest BCUT2D eigenvalue weighted by Crippen LogP contribution is 2.29. The highest BCUT2D eigenvalue weighted by atomic mass is 16.2. The lowest BCUT2D eigenvalue weighted by Gasteiger charge is -2.36. The minimum Gasteiger partial charge on any atom is -0.337 e. The van der Waals surface area contributed by atoms with Gasteiger partial charge in [0.15, 0.2) is 0 Å². The largest absolute Gasteiger partial charge is 0.348 e. The number of nitrogens with zero attached hydrogens (tertiary/aromatic N) is 5. The summed E-state index contributed by atoms with van der Waals surface area (Å²) in [4.78, 5) is 38.1. The molecule has 3 aliphatic heterocycles. The smallest absolute Gasteiger partial charge is 0.337 e. The number of fused-ring (bicyclic) bond motifs is 4. The van der Waals surface area contributed by atoms with Crippen LogP contribution in [-0.2, 0) is 17.9 Å². The number of carbonyl (C=O) groups is 1. The molecule has 0 radical (unpaired) electrons. The second-order valence-electron chi connectivity index (χ2n) is 8.07. The first-order valence-electron chi connectivity index (χ1n) is 9.96. The molecule has 0 unspecified atom stereocenters. The average Bonchev–Trinajstić information content (AvgIpc) is 2.96. The van der Waals surface area contributed by atoms with E-state index in [0.29, 0.717) is 11.6 Å². The maximum absolute atomic E-state index is 13.1. The molecule has 28 heavy (non-hydrogen) atoms. The van der Waals surface area contributed by atoms with E-state index < -0.39 is 0 Å². The Morgan fingerprint density at radius 2 is 2.04 bits per heavy atom. The monoisotopic (exact) mass is 381 g/mol. The molecule has 2 bridgehead atoms. The second kappa shape index (κ2) is 7.83. The Morgan fingerprint density at radius 1 is 1.18 bits per heavy atom. The van der Waals surface area contributed by atoms with Crippen LogP contribution in [-0.4, -0.2) is 55.9 Å². The Bertz CT molecular complexity index is 911. The van der Waals surface area contributed by atoms with Crippen molar-refractivity contribution in [2.75, 3.05) is 19.6 Å². The van der Waals surface area contributed by atoms with E-state index in [2.05, 4.69) is 20.9 Å². The van der Waals surface area contributed by atoms with Crippen molar-refractivity contribution >= 4 is 5.91 Å². The third-order valence-electron chi connectivity index (χ3n) is 5.86. The summed E-state index contributed by atoms with van der Waals surface area (Å²) >= 11 is 0. The van der Waals surface area contributed by atoms with Gasteiger partial charge in [0.05, 0.1) is 5.69 Å². The predicted molar refractivity (Wildman–Crippen MR) is 106 cm³/mol. The fraction of sp³-hybridized carbons (Fsp3) is 0.524. The van der Waals surface area contributed by atoms with Gasteiger partial charge in [-0.1, -0.05) is 6.07 Å². The molecule has 0 spiro atoms.